The molecule has 0 aliphatic heterocycles. The second kappa shape index (κ2) is 8.02. The molecule has 20 heavy (non-hydrogen) atoms. The lowest BCUT2D eigenvalue weighted by Crippen LogP contribution is -2.43. The van der Waals surface area contributed by atoms with E-state index in [0.29, 0.717) is 18.0 Å². The Morgan fingerprint density at radius 1 is 0.950 bits per heavy atom. The first-order valence-electron chi connectivity index (χ1n) is 8.73. The summed E-state index contributed by atoms with van der Waals surface area (Å²) in [6.07, 6.45) is 12.8. The number of carbonyl (C=O) groups is 1. The highest BCUT2D eigenvalue weighted by Gasteiger charge is 2.37. The van der Waals surface area contributed by atoms with Gasteiger partial charge in [0.25, 0.3) is 0 Å². The van der Waals surface area contributed by atoms with Gasteiger partial charge in [0.15, 0.2) is 0 Å². The van der Waals surface area contributed by atoms with Crippen LogP contribution in [0.15, 0.2) is 0 Å². The van der Waals surface area contributed by atoms with Crippen molar-refractivity contribution in [3.63, 3.8) is 0 Å². The first-order valence-corrected chi connectivity index (χ1v) is 8.73. The van der Waals surface area contributed by atoms with Crippen LogP contribution in [0.4, 0.5) is 0 Å². The Morgan fingerprint density at radius 3 is 2.05 bits per heavy atom. The standard InChI is InChI=1S/C17H32N2O/c1-14-7-9-15(10-8-14)19(16-11-12-16)17(20)6-4-2-3-5-13-18/h14-16H,2-13,18H2,1H3. The van der Waals surface area contributed by atoms with Crippen molar-refractivity contribution in [1.29, 1.82) is 0 Å². The molecule has 0 spiro atoms. The lowest BCUT2D eigenvalue weighted by atomic mass is 9.86. The molecular weight excluding hydrogens is 248 g/mol. The van der Waals surface area contributed by atoms with Gasteiger partial charge in [0, 0.05) is 18.5 Å². The molecule has 2 aliphatic rings. The van der Waals surface area contributed by atoms with E-state index in [1.54, 1.807) is 0 Å². The fraction of sp³-hybridized carbons (Fsp3) is 0.941. The van der Waals surface area contributed by atoms with E-state index in [9.17, 15) is 4.79 Å². The number of nitrogens with zero attached hydrogens (tertiary/aromatic N) is 1. The SMILES string of the molecule is CC1CCC(N(C(=O)CCCCCCN)C2CC2)CC1. The topological polar surface area (TPSA) is 46.3 Å². The van der Waals surface area contributed by atoms with E-state index in [2.05, 4.69) is 11.8 Å². The molecule has 0 aromatic heterocycles. The van der Waals surface area contributed by atoms with E-state index in [1.165, 1.54) is 44.9 Å². The van der Waals surface area contributed by atoms with Crippen molar-refractivity contribution >= 4 is 5.91 Å². The van der Waals surface area contributed by atoms with E-state index in [-0.39, 0.29) is 0 Å². The van der Waals surface area contributed by atoms with Gasteiger partial charge < -0.3 is 10.6 Å². The van der Waals surface area contributed by atoms with Gasteiger partial charge in [-0.2, -0.15) is 0 Å². The molecule has 116 valence electrons. The molecule has 2 N–H and O–H groups in total. The van der Waals surface area contributed by atoms with Crippen LogP contribution in [0.25, 0.3) is 0 Å². The third-order valence-electron chi connectivity index (χ3n) is 4.95. The zero-order valence-corrected chi connectivity index (χ0v) is 13.2. The van der Waals surface area contributed by atoms with Crippen molar-refractivity contribution in [2.45, 2.75) is 89.6 Å². The second-order valence-electron chi connectivity index (χ2n) is 6.90. The lowest BCUT2D eigenvalue weighted by molar-refractivity contribution is -0.135. The van der Waals surface area contributed by atoms with Crippen LogP contribution in [0.2, 0.25) is 0 Å². The highest BCUT2D eigenvalue weighted by atomic mass is 16.2. The van der Waals surface area contributed by atoms with Crippen molar-refractivity contribution in [3.8, 4) is 0 Å². The zero-order chi connectivity index (χ0) is 14.4. The van der Waals surface area contributed by atoms with Crippen LogP contribution in [0.3, 0.4) is 0 Å². The molecular formula is C17H32N2O. The van der Waals surface area contributed by atoms with Crippen LogP contribution in [0, 0.1) is 5.92 Å². The van der Waals surface area contributed by atoms with Crippen molar-refractivity contribution in [3.05, 3.63) is 0 Å². The largest absolute Gasteiger partial charge is 0.337 e. The minimum absolute atomic E-state index is 0.430. The van der Waals surface area contributed by atoms with Gasteiger partial charge in [0.05, 0.1) is 0 Å². The fourth-order valence-corrected chi connectivity index (χ4v) is 3.48. The van der Waals surface area contributed by atoms with Gasteiger partial charge in [-0.15, -0.1) is 0 Å². The van der Waals surface area contributed by atoms with Crippen molar-refractivity contribution in [2.75, 3.05) is 6.54 Å². The average molecular weight is 280 g/mol. The molecule has 0 atom stereocenters. The number of carbonyl (C=O) groups excluding carboxylic acids is 1. The Kier molecular flexibility index (Phi) is 6.34. The third-order valence-corrected chi connectivity index (χ3v) is 4.95. The summed E-state index contributed by atoms with van der Waals surface area (Å²) in [6.45, 7) is 3.12. The summed E-state index contributed by atoms with van der Waals surface area (Å²) in [4.78, 5) is 14.8. The molecule has 0 saturated heterocycles. The highest BCUT2D eigenvalue weighted by molar-refractivity contribution is 5.77. The molecule has 0 heterocycles. The van der Waals surface area contributed by atoms with Gasteiger partial charge in [-0.3, -0.25) is 4.79 Å². The number of hydrogen-bond acceptors (Lipinski definition) is 2. The molecule has 0 aromatic carbocycles. The van der Waals surface area contributed by atoms with Gasteiger partial charge in [0.2, 0.25) is 5.91 Å². The highest BCUT2D eigenvalue weighted by Crippen LogP contribution is 2.35. The summed E-state index contributed by atoms with van der Waals surface area (Å²) in [5.41, 5.74) is 5.50. The van der Waals surface area contributed by atoms with E-state index in [4.69, 9.17) is 5.73 Å². The molecule has 1 amide bonds. The Morgan fingerprint density at radius 2 is 1.50 bits per heavy atom. The summed E-state index contributed by atoms with van der Waals surface area (Å²) in [5.74, 6) is 1.29. The molecule has 2 rings (SSSR count). The maximum absolute atomic E-state index is 12.5. The van der Waals surface area contributed by atoms with Crippen LogP contribution in [0.1, 0.15) is 77.6 Å². The minimum atomic E-state index is 0.430. The van der Waals surface area contributed by atoms with E-state index in [0.717, 1.165) is 38.1 Å². The summed E-state index contributed by atoms with van der Waals surface area (Å²) < 4.78 is 0. The quantitative estimate of drug-likeness (QED) is 0.692. The predicted molar refractivity (Wildman–Crippen MR) is 83.4 cm³/mol. The number of hydrogen-bond donors (Lipinski definition) is 1. The Bertz CT molecular complexity index is 293. The van der Waals surface area contributed by atoms with Crippen LogP contribution < -0.4 is 5.73 Å². The van der Waals surface area contributed by atoms with Crippen LogP contribution in [-0.2, 0) is 4.79 Å². The maximum Gasteiger partial charge on any atom is 0.223 e. The molecule has 2 aliphatic carbocycles. The Balaban J connectivity index is 1.74. The molecule has 0 bridgehead atoms. The summed E-state index contributed by atoms with van der Waals surface area (Å²) >= 11 is 0. The lowest BCUT2D eigenvalue weighted by Gasteiger charge is -2.36. The minimum Gasteiger partial charge on any atom is -0.337 e. The van der Waals surface area contributed by atoms with E-state index >= 15 is 0 Å². The molecule has 3 heteroatoms. The molecule has 2 saturated carbocycles. The van der Waals surface area contributed by atoms with E-state index < -0.39 is 0 Å². The molecule has 0 aromatic rings. The Labute approximate surface area is 124 Å². The van der Waals surface area contributed by atoms with Crippen LogP contribution in [-0.4, -0.2) is 29.4 Å². The van der Waals surface area contributed by atoms with Crippen molar-refractivity contribution in [1.82, 2.24) is 4.90 Å². The number of amides is 1. The third kappa shape index (κ3) is 4.76. The smallest absolute Gasteiger partial charge is 0.223 e. The normalized spacial score (nSPS) is 26.5. The predicted octanol–water partition coefficient (Wildman–Crippen LogP) is 3.47. The number of unbranched alkanes of at least 4 members (excludes halogenated alkanes) is 3. The maximum atomic E-state index is 12.5. The monoisotopic (exact) mass is 280 g/mol. The number of rotatable bonds is 8. The first kappa shape index (κ1) is 15.8. The van der Waals surface area contributed by atoms with Crippen molar-refractivity contribution < 1.29 is 4.79 Å². The van der Waals surface area contributed by atoms with Gasteiger partial charge in [-0.1, -0.05) is 19.8 Å². The summed E-state index contributed by atoms with van der Waals surface area (Å²) in [6, 6.07) is 1.14. The molecule has 2 fully saturated rings. The van der Waals surface area contributed by atoms with Gasteiger partial charge in [-0.05, 0) is 63.8 Å². The Hall–Kier alpha value is -0.570. The average Bonchev–Trinajstić information content (AvgIpc) is 3.26. The van der Waals surface area contributed by atoms with Gasteiger partial charge in [0.1, 0.15) is 0 Å². The molecule has 0 unspecified atom stereocenters. The molecule has 0 radical (unpaired) electrons. The number of nitrogens with two attached hydrogens (primary N) is 1. The molecule has 3 nitrogen and oxygen atoms in total. The van der Waals surface area contributed by atoms with Crippen molar-refractivity contribution in [2.24, 2.45) is 11.7 Å². The van der Waals surface area contributed by atoms with Crippen LogP contribution in [0.5, 0.6) is 0 Å². The second-order valence-corrected chi connectivity index (χ2v) is 6.90. The zero-order valence-electron chi connectivity index (χ0n) is 13.2. The first-order chi connectivity index (χ1) is 9.72. The fourth-order valence-electron chi connectivity index (χ4n) is 3.48. The van der Waals surface area contributed by atoms with Gasteiger partial charge in [-0.25, -0.2) is 0 Å². The van der Waals surface area contributed by atoms with Gasteiger partial charge >= 0.3 is 0 Å². The van der Waals surface area contributed by atoms with E-state index in [1.807, 2.05) is 0 Å². The summed E-state index contributed by atoms with van der Waals surface area (Å²) in [7, 11) is 0. The summed E-state index contributed by atoms with van der Waals surface area (Å²) in [5, 5.41) is 0. The van der Waals surface area contributed by atoms with Crippen LogP contribution >= 0.6 is 0 Å².